The Hall–Kier alpha value is -2.74. The van der Waals surface area contributed by atoms with Crippen molar-refractivity contribution in [3.8, 4) is 0 Å². The first kappa shape index (κ1) is 21.1. The van der Waals surface area contributed by atoms with Crippen LogP contribution in [0.1, 0.15) is 37.7 Å². The summed E-state index contributed by atoms with van der Waals surface area (Å²) in [5, 5.41) is 3.35. The summed E-state index contributed by atoms with van der Waals surface area (Å²) < 4.78 is 33.1. The Balaban J connectivity index is 1.49. The van der Waals surface area contributed by atoms with E-state index in [0.29, 0.717) is 24.6 Å². The molecule has 5 rings (SSSR count). The van der Waals surface area contributed by atoms with E-state index in [1.165, 1.54) is 0 Å². The molecule has 1 aromatic carbocycles. The van der Waals surface area contributed by atoms with Gasteiger partial charge in [0.25, 0.3) is 5.92 Å². The third-order valence-electron chi connectivity index (χ3n) is 6.90. The predicted molar refractivity (Wildman–Crippen MR) is 120 cm³/mol. The van der Waals surface area contributed by atoms with Crippen LogP contribution < -0.4 is 15.1 Å². The zero-order valence-electron chi connectivity index (χ0n) is 18.2. The third-order valence-corrected chi connectivity index (χ3v) is 6.90. The van der Waals surface area contributed by atoms with Crippen LogP contribution in [0.2, 0.25) is 0 Å². The number of hydrogen-bond donors (Lipinski definition) is 1. The van der Waals surface area contributed by atoms with Crippen LogP contribution in [0.4, 0.5) is 31.7 Å². The highest BCUT2D eigenvalue weighted by molar-refractivity contribution is 6.00. The van der Waals surface area contributed by atoms with Gasteiger partial charge in [0, 0.05) is 43.4 Å². The number of carbonyl (C=O) groups excluding carboxylic acids is 1. The molecule has 0 unspecified atom stereocenters. The number of methoxy groups -OCH3 is 1. The van der Waals surface area contributed by atoms with Crippen LogP contribution >= 0.6 is 0 Å². The highest BCUT2D eigenvalue weighted by Crippen LogP contribution is 2.41. The molecule has 6 nitrogen and oxygen atoms in total. The van der Waals surface area contributed by atoms with Gasteiger partial charge in [-0.15, -0.1) is 0 Å². The van der Waals surface area contributed by atoms with Crippen molar-refractivity contribution in [1.29, 1.82) is 0 Å². The first-order valence-corrected chi connectivity index (χ1v) is 11.3. The minimum Gasteiger partial charge on any atom is -0.381 e. The van der Waals surface area contributed by atoms with Gasteiger partial charge in [-0.25, -0.2) is 13.8 Å². The number of ether oxygens (including phenoxy) is 1. The Morgan fingerprint density at radius 3 is 2.75 bits per heavy atom. The average molecular weight is 443 g/mol. The molecule has 1 N–H and O–H groups in total. The maximum atomic E-state index is 13.8. The van der Waals surface area contributed by atoms with Gasteiger partial charge in [-0.05, 0) is 49.9 Å². The molecule has 2 aromatic rings. The van der Waals surface area contributed by atoms with E-state index in [4.69, 9.17) is 4.74 Å². The SMILES string of the molecule is COC1CCC(C(=O)N2Cc3cccnc3Nc3ccc(N4CCC(F)(F)C4)cc32)CC1. The number of nitrogens with one attached hydrogen (secondary N) is 1. The lowest BCUT2D eigenvalue weighted by atomic mass is 9.86. The molecule has 1 amide bonds. The van der Waals surface area contributed by atoms with Crippen LogP contribution in [-0.4, -0.2) is 43.1 Å². The van der Waals surface area contributed by atoms with Crippen LogP contribution in [0.3, 0.4) is 0 Å². The second kappa shape index (κ2) is 8.31. The Morgan fingerprint density at radius 2 is 2.03 bits per heavy atom. The number of fused-ring (bicyclic) bond motifs is 2. The maximum absolute atomic E-state index is 13.8. The molecule has 2 fully saturated rings. The summed E-state index contributed by atoms with van der Waals surface area (Å²) in [6.07, 6.45) is 5.09. The lowest BCUT2D eigenvalue weighted by Crippen LogP contribution is -2.38. The lowest BCUT2D eigenvalue weighted by molar-refractivity contribution is -0.124. The Labute approximate surface area is 186 Å². The molecule has 0 bridgehead atoms. The number of alkyl halides is 2. The summed E-state index contributed by atoms with van der Waals surface area (Å²) in [6, 6.07) is 9.40. The minimum absolute atomic E-state index is 0.0724. The summed E-state index contributed by atoms with van der Waals surface area (Å²) in [4.78, 5) is 21.7. The van der Waals surface area contributed by atoms with Crippen LogP contribution in [0.5, 0.6) is 0 Å². The van der Waals surface area contributed by atoms with Gasteiger partial charge in [-0.1, -0.05) is 6.07 Å². The van der Waals surface area contributed by atoms with E-state index in [9.17, 15) is 13.6 Å². The average Bonchev–Trinajstić information content (AvgIpc) is 3.08. The molecular weight excluding hydrogens is 414 g/mol. The fourth-order valence-electron chi connectivity index (χ4n) is 5.03. The van der Waals surface area contributed by atoms with Crippen LogP contribution in [0.15, 0.2) is 36.5 Å². The second-order valence-corrected chi connectivity index (χ2v) is 9.00. The number of carbonyl (C=O) groups is 1. The van der Waals surface area contributed by atoms with Gasteiger partial charge < -0.3 is 19.9 Å². The summed E-state index contributed by atoms with van der Waals surface area (Å²) in [6.45, 7) is 0.401. The van der Waals surface area contributed by atoms with Gasteiger partial charge in [0.05, 0.1) is 30.6 Å². The molecule has 3 aliphatic rings. The molecule has 1 saturated heterocycles. The van der Waals surface area contributed by atoms with Crippen molar-refractivity contribution in [3.05, 3.63) is 42.1 Å². The fraction of sp³-hybridized carbons (Fsp3) is 0.500. The van der Waals surface area contributed by atoms with E-state index in [1.807, 2.05) is 35.2 Å². The molecule has 3 heterocycles. The van der Waals surface area contributed by atoms with Crippen molar-refractivity contribution in [2.75, 3.05) is 35.3 Å². The Kier molecular flexibility index (Phi) is 5.49. The fourth-order valence-corrected chi connectivity index (χ4v) is 5.03. The largest absolute Gasteiger partial charge is 0.381 e. The molecule has 1 aliphatic carbocycles. The third kappa shape index (κ3) is 4.03. The van der Waals surface area contributed by atoms with Crippen LogP contribution in [0, 0.1) is 5.92 Å². The zero-order valence-corrected chi connectivity index (χ0v) is 18.2. The van der Waals surface area contributed by atoms with Gasteiger partial charge in [0.2, 0.25) is 5.91 Å². The second-order valence-electron chi connectivity index (χ2n) is 9.00. The van der Waals surface area contributed by atoms with Crippen molar-refractivity contribution in [1.82, 2.24) is 4.98 Å². The molecule has 2 aliphatic heterocycles. The molecule has 170 valence electrons. The number of halogens is 2. The van der Waals surface area contributed by atoms with Crippen molar-refractivity contribution < 1.29 is 18.3 Å². The van der Waals surface area contributed by atoms with Gasteiger partial charge in [0.15, 0.2) is 0 Å². The van der Waals surface area contributed by atoms with Gasteiger partial charge in [-0.2, -0.15) is 0 Å². The Bertz CT molecular complexity index is 1010. The number of anilines is 4. The zero-order chi connectivity index (χ0) is 22.3. The first-order valence-electron chi connectivity index (χ1n) is 11.3. The van der Waals surface area contributed by atoms with Gasteiger partial charge >= 0.3 is 0 Å². The van der Waals surface area contributed by atoms with E-state index >= 15 is 0 Å². The molecule has 1 saturated carbocycles. The van der Waals surface area contributed by atoms with Crippen LogP contribution in [0.25, 0.3) is 0 Å². The lowest BCUT2D eigenvalue weighted by Gasteiger charge is -2.32. The van der Waals surface area contributed by atoms with E-state index < -0.39 is 5.92 Å². The summed E-state index contributed by atoms with van der Waals surface area (Å²) in [5.41, 5.74) is 3.12. The number of nitrogens with zero attached hydrogens (tertiary/aromatic N) is 3. The van der Waals surface area contributed by atoms with Crippen molar-refractivity contribution in [3.63, 3.8) is 0 Å². The number of rotatable bonds is 3. The summed E-state index contributed by atoms with van der Waals surface area (Å²) in [5.74, 6) is -1.97. The molecule has 0 atom stereocenters. The highest BCUT2D eigenvalue weighted by atomic mass is 19.3. The summed E-state index contributed by atoms with van der Waals surface area (Å²) >= 11 is 0. The van der Waals surface area contributed by atoms with Gasteiger partial charge in [-0.3, -0.25) is 4.79 Å². The molecule has 32 heavy (non-hydrogen) atoms. The summed E-state index contributed by atoms with van der Waals surface area (Å²) in [7, 11) is 1.72. The van der Waals surface area contributed by atoms with E-state index in [2.05, 4.69) is 10.3 Å². The predicted octanol–water partition coefficient (Wildman–Crippen LogP) is 4.72. The number of aromatic nitrogens is 1. The number of pyridine rings is 1. The quantitative estimate of drug-likeness (QED) is 0.745. The first-order chi connectivity index (χ1) is 15.4. The van der Waals surface area contributed by atoms with E-state index in [-0.39, 0.29) is 30.9 Å². The maximum Gasteiger partial charge on any atom is 0.266 e. The van der Waals surface area contributed by atoms with E-state index in [0.717, 1.165) is 42.6 Å². The smallest absolute Gasteiger partial charge is 0.266 e. The number of amides is 1. The van der Waals surface area contributed by atoms with Crippen molar-refractivity contribution in [2.24, 2.45) is 5.92 Å². The van der Waals surface area contributed by atoms with Crippen LogP contribution in [-0.2, 0) is 16.1 Å². The minimum atomic E-state index is -2.68. The molecule has 0 radical (unpaired) electrons. The van der Waals surface area contributed by atoms with Gasteiger partial charge in [0.1, 0.15) is 5.82 Å². The van der Waals surface area contributed by atoms with Crippen molar-refractivity contribution in [2.45, 2.75) is 50.7 Å². The normalized spacial score (nSPS) is 24.3. The standard InChI is InChI=1S/C24H28F2N4O2/c1-32-19-7-4-16(5-8-19)23(31)30-14-17-3-2-11-27-22(17)28-20-9-6-18(13-21(20)30)29-12-10-24(25,26)15-29/h2-3,6,9,11,13,16,19H,4-5,7-8,10,12,14-15H2,1H3,(H,27,28). The number of hydrogen-bond acceptors (Lipinski definition) is 5. The molecule has 0 spiro atoms. The molecular formula is C24H28F2N4O2. The Morgan fingerprint density at radius 1 is 1.22 bits per heavy atom. The topological polar surface area (TPSA) is 57.7 Å². The molecule has 8 heteroatoms. The molecule has 1 aromatic heterocycles. The highest BCUT2D eigenvalue weighted by Gasteiger charge is 2.39. The van der Waals surface area contributed by atoms with E-state index in [1.54, 1.807) is 18.2 Å². The van der Waals surface area contributed by atoms with Crippen molar-refractivity contribution >= 4 is 28.8 Å². The monoisotopic (exact) mass is 442 g/mol. The number of benzene rings is 1.